The third-order valence-corrected chi connectivity index (χ3v) is 2.81. The maximum Gasteiger partial charge on any atom is 0.339 e. The summed E-state index contributed by atoms with van der Waals surface area (Å²) in [5.74, 6) is -2.11. The van der Waals surface area contributed by atoms with Gasteiger partial charge in [0.15, 0.2) is 5.78 Å². The number of hydrogen-bond acceptors (Lipinski definition) is 4. The Kier molecular flexibility index (Phi) is 4.25. The summed E-state index contributed by atoms with van der Waals surface area (Å²) >= 11 is 1.85. The summed E-state index contributed by atoms with van der Waals surface area (Å²) < 4.78 is 0.154. The van der Waals surface area contributed by atoms with Crippen molar-refractivity contribution in [3.05, 3.63) is 28.8 Å². The second-order valence-corrected chi connectivity index (χ2v) is 3.82. The molecule has 0 aliphatic carbocycles. The highest BCUT2D eigenvalue weighted by molar-refractivity contribution is 14.1. The largest absolute Gasteiger partial charge is 0.506 e. The summed E-state index contributed by atoms with van der Waals surface area (Å²) in [6.45, 7) is 0.0746. The molecule has 5 nitrogen and oxygen atoms in total. The van der Waals surface area contributed by atoms with Crippen molar-refractivity contribution in [1.82, 2.24) is 0 Å². The molecule has 0 heterocycles. The number of phenols is 1. The molecule has 1 aromatic carbocycles. The van der Waals surface area contributed by atoms with E-state index in [1.807, 2.05) is 22.6 Å². The summed E-state index contributed by atoms with van der Waals surface area (Å²) in [6.07, 6.45) is 0. The second-order valence-electron chi connectivity index (χ2n) is 3.06. The fourth-order valence-corrected chi connectivity index (χ4v) is 1.73. The van der Waals surface area contributed by atoms with E-state index in [0.29, 0.717) is 5.56 Å². The van der Waals surface area contributed by atoms with Gasteiger partial charge < -0.3 is 15.9 Å². The molecule has 0 unspecified atom stereocenters. The van der Waals surface area contributed by atoms with Crippen LogP contribution in [0.15, 0.2) is 12.1 Å². The maximum absolute atomic E-state index is 11.6. The third-order valence-electron chi connectivity index (χ3n) is 2.11. The first-order chi connectivity index (χ1) is 7.52. The van der Waals surface area contributed by atoms with Crippen LogP contribution in [0.5, 0.6) is 5.75 Å². The number of aromatic hydroxyl groups is 1. The van der Waals surface area contributed by atoms with Gasteiger partial charge in [-0.2, -0.15) is 0 Å². The zero-order chi connectivity index (χ0) is 12.3. The van der Waals surface area contributed by atoms with Crippen LogP contribution in [0.3, 0.4) is 0 Å². The fourth-order valence-electron chi connectivity index (χ4n) is 1.35. The highest BCUT2D eigenvalue weighted by atomic mass is 127. The van der Waals surface area contributed by atoms with Crippen LogP contribution < -0.4 is 5.73 Å². The molecule has 0 aliphatic heterocycles. The van der Waals surface area contributed by atoms with Gasteiger partial charge in [-0.05, 0) is 11.6 Å². The van der Waals surface area contributed by atoms with E-state index in [2.05, 4.69) is 0 Å². The maximum atomic E-state index is 11.6. The molecular formula is C10H10INO4. The van der Waals surface area contributed by atoms with E-state index in [1.54, 1.807) is 0 Å². The van der Waals surface area contributed by atoms with Crippen LogP contribution in [0.25, 0.3) is 0 Å². The number of benzene rings is 1. The van der Waals surface area contributed by atoms with Crippen molar-refractivity contribution in [2.24, 2.45) is 5.73 Å². The van der Waals surface area contributed by atoms with Crippen molar-refractivity contribution in [1.29, 1.82) is 0 Å². The Labute approximate surface area is 105 Å². The first kappa shape index (κ1) is 12.9. The van der Waals surface area contributed by atoms with E-state index in [4.69, 9.17) is 10.8 Å². The summed E-state index contributed by atoms with van der Waals surface area (Å²) in [7, 11) is 0. The van der Waals surface area contributed by atoms with Crippen LogP contribution in [0.4, 0.5) is 0 Å². The summed E-state index contributed by atoms with van der Waals surface area (Å²) in [5, 5.41) is 18.5. The van der Waals surface area contributed by atoms with Crippen molar-refractivity contribution in [2.75, 3.05) is 4.43 Å². The molecule has 6 heteroatoms. The van der Waals surface area contributed by atoms with E-state index in [0.717, 1.165) is 0 Å². The molecule has 16 heavy (non-hydrogen) atoms. The average Bonchev–Trinajstić information content (AvgIpc) is 2.26. The second kappa shape index (κ2) is 5.26. The van der Waals surface area contributed by atoms with Crippen molar-refractivity contribution in [2.45, 2.75) is 6.54 Å². The van der Waals surface area contributed by atoms with Gasteiger partial charge in [-0.25, -0.2) is 4.79 Å². The highest BCUT2D eigenvalue weighted by Crippen LogP contribution is 2.27. The zero-order valence-electron chi connectivity index (χ0n) is 8.24. The number of carbonyl (C=O) groups is 2. The summed E-state index contributed by atoms with van der Waals surface area (Å²) in [4.78, 5) is 22.4. The molecule has 4 N–H and O–H groups in total. The smallest absolute Gasteiger partial charge is 0.339 e. The molecule has 0 aliphatic rings. The van der Waals surface area contributed by atoms with Crippen LogP contribution in [0.1, 0.15) is 26.3 Å². The Morgan fingerprint density at radius 3 is 2.44 bits per heavy atom. The van der Waals surface area contributed by atoms with E-state index in [1.165, 1.54) is 12.1 Å². The molecule has 0 fully saturated rings. The van der Waals surface area contributed by atoms with Crippen LogP contribution in [-0.4, -0.2) is 26.4 Å². The topological polar surface area (TPSA) is 101 Å². The minimum absolute atomic E-state index is 0.0109. The van der Waals surface area contributed by atoms with Gasteiger partial charge in [0.2, 0.25) is 0 Å². The van der Waals surface area contributed by atoms with E-state index < -0.39 is 11.7 Å². The minimum Gasteiger partial charge on any atom is -0.506 e. The average molecular weight is 335 g/mol. The van der Waals surface area contributed by atoms with Gasteiger partial charge in [-0.3, -0.25) is 4.79 Å². The van der Waals surface area contributed by atoms with Gasteiger partial charge in [-0.15, -0.1) is 0 Å². The Hall–Kier alpha value is -1.15. The van der Waals surface area contributed by atoms with Gasteiger partial charge in [0.25, 0.3) is 0 Å². The Morgan fingerprint density at radius 2 is 2.00 bits per heavy atom. The lowest BCUT2D eigenvalue weighted by atomic mass is 9.99. The van der Waals surface area contributed by atoms with Crippen molar-refractivity contribution >= 4 is 34.3 Å². The molecule has 86 valence electrons. The van der Waals surface area contributed by atoms with Crippen molar-refractivity contribution in [3.8, 4) is 5.75 Å². The zero-order valence-corrected chi connectivity index (χ0v) is 10.4. The first-order valence-electron chi connectivity index (χ1n) is 4.40. The van der Waals surface area contributed by atoms with Crippen LogP contribution in [-0.2, 0) is 6.54 Å². The molecular weight excluding hydrogens is 325 g/mol. The lowest BCUT2D eigenvalue weighted by molar-refractivity contribution is 0.0693. The third kappa shape index (κ3) is 2.33. The van der Waals surface area contributed by atoms with Gasteiger partial charge in [-0.1, -0.05) is 28.7 Å². The van der Waals surface area contributed by atoms with Crippen molar-refractivity contribution in [3.63, 3.8) is 0 Å². The number of hydrogen-bond donors (Lipinski definition) is 3. The van der Waals surface area contributed by atoms with Crippen molar-refractivity contribution < 1.29 is 19.8 Å². The molecule has 0 bridgehead atoms. The molecule has 0 radical (unpaired) electrons. The number of rotatable bonds is 4. The van der Waals surface area contributed by atoms with Gasteiger partial charge >= 0.3 is 5.97 Å². The number of carboxylic acid groups (broad SMARTS) is 1. The van der Waals surface area contributed by atoms with Gasteiger partial charge in [0.05, 0.1) is 9.99 Å². The summed E-state index contributed by atoms with van der Waals surface area (Å²) in [6, 6.07) is 2.69. The number of ketones is 1. The SMILES string of the molecule is NCc1ccc(C(=O)O)c(O)c1C(=O)CI. The molecule has 0 aromatic heterocycles. The number of halogens is 1. The lowest BCUT2D eigenvalue weighted by Crippen LogP contribution is -2.11. The predicted octanol–water partition coefficient (Wildman–Crippen LogP) is 1.17. The molecule has 0 atom stereocenters. The molecule has 1 aromatic rings. The molecule has 0 spiro atoms. The van der Waals surface area contributed by atoms with E-state index in [9.17, 15) is 14.7 Å². The van der Waals surface area contributed by atoms with Crippen LogP contribution >= 0.6 is 22.6 Å². The minimum atomic E-state index is -1.27. The highest BCUT2D eigenvalue weighted by Gasteiger charge is 2.20. The lowest BCUT2D eigenvalue weighted by Gasteiger charge is -2.10. The normalized spacial score (nSPS) is 10.1. The van der Waals surface area contributed by atoms with Gasteiger partial charge in [0, 0.05) is 6.54 Å². The van der Waals surface area contributed by atoms with E-state index >= 15 is 0 Å². The number of aromatic carboxylic acids is 1. The number of carboxylic acids is 1. The molecule has 0 saturated carbocycles. The number of Topliss-reactive ketones (excluding diaryl/α,β-unsaturated/α-hetero) is 1. The Bertz CT molecular complexity index is 445. The van der Waals surface area contributed by atoms with Gasteiger partial charge in [0.1, 0.15) is 11.3 Å². The standard InChI is InChI=1S/C10H10INO4/c11-3-7(13)8-5(4-12)1-2-6(9(8)14)10(15)16/h1-2,14H,3-4,12H2,(H,15,16). The number of alkyl halides is 1. The Balaban J connectivity index is 3.46. The predicted molar refractivity (Wildman–Crippen MR) is 66.2 cm³/mol. The number of carbonyl (C=O) groups excluding carboxylic acids is 1. The van der Waals surface area contributed by atoms with E-state index in [-0.39, 0.29) is 27.9 Å². The monoisotopic (exact) mass is 335 g/mol. The molecule has 1 rings (SSSR count). The fraction of sp³-hybridized carbons (Fsp3) is 0.200. The number of nitrogens with two attached hydrogens (primary N) is 1. The van der Waals surface area contributed by atoms with Crippen LogP contribution in [0, 0.1) is 0 Å². The molecule has 0 amide bonds. The quantitative estimate of drug-likeness (QED) is 0.436. The molecule has 0 saturated heterocycles. The Morgan fingerprint density at radius 1 is 1.38 bits per heavy atom. The first-order valence-corrected chi connectivity index (χ1v) is 5.92. The van der Waals surface area contributed by atoms with Crippen LogP contribution in [0.2, 0.25) is 0 Å². The summed E-state index contributed by atoms with van der Waals surface area (Å²) in [5.41, 5.74) is 5.60.